The van der Waals surface area contributed by atoms with Crippen LogP contribution < -0.4 is 19.6 Å². The Kier molecular flexibility index (Phi) is 9.81. The Balaban J connectivity index is 0.867. The molecule has 3 heterocycles. The minimum absolute atomic E-state index is 1.09. The summed E-state index contributed by atoms with van der Waals surface area (Å²) in [7, 11) is 0. The summed E-state index contributed by atoms with van der Waals surface area (Å²) in [4.78, 5) is 4.77. The fourth-order valence-corrected chi connectivity index (χ4v) is 12.4. The van der Waals surface area contributed by atoms with Gasteiger partial charge in [0, 0.05) is 77.0 Å². The molecule has 336 valence electrons. The average Bonchev–Trinajstić information content (AvgIpc) is 4.10. The molecule has 4 nitrogen and oxygen atoms in total. The van der Waals surface area contributed by atoms with Crippen LogP contribution >= 0.6 is 11.3 Å². The molecule has 0 aliphatic heterocycles. The molecule has 0 saturated carbocycles. The zero-order chi connectivity index (χ0) is 46.8. The molecule has 13 aromatic rings. The van der Waals surface area contributed by atoms with E-state index in [4.69, 9.17) is 0 Å². The number of thiophene rings is 1. The molecule has 1 aliphatic carbocycles. The van der Waals surface area contributed by atoms with Gasteiger partial charge >= 0.3 is 0 Å². The van der Waals surface area contributed by atoms with Gasteiger partial charge < -0.3 is 18.9 Å². The molecule has 71 heavy (non-hydrogen) atoms. The number of para-hydroxylation sites is 5. The minimum Gasteiger partial charge on any atom is -0.310 e. The monoisotopic (exact) mass is 926 g/mol. The maximum atomic E-state index is 2.48. The van der Waals surface area contributed by atoms with Crippen LogP contribution in [0.4, 0.5) is 34.1 Å². The summed E-state index contributed by atoms with van der Waals surface area (Å²) in [5, 5.41) is 7.69. The fraction of sp³-hybridized carbons (Fsp3) is 0.0303. The van der Waals surface area contributed by atoms with E-state index < -0.39 is 0 Å². The first kappa shape index (κ1) is 41.1. The Morgan fingerprint density at radius 2 is 0.817 bits per heavy atom. The highest BCUT2D eigenvalue weighted by molar-refractivity contribution is 7.18. The SMILES string of the molecule is C1=c2sc3c(ccc4c5cc(N(c6ccccc6)c6ccc(-c7cccc(N(c8ccccc8)c8ccc9c(c8)c8ccccc8n9-c8ccccc8)c7)cc6)ccc5n(-c5ccccc5)c43)c2=CCC1. The summed E-state index contributed by atoms with van der Waals surface area (Å²) in [5.41, 5.74) is 16.1. The third-order valence-electron chi connectivity index (χ3n) is 14.3. The fourth-order valence-electron chi connectivity index (χ4n) is 11.1. The number of nitrogens with zero attached hydrogens (tertiary/aromatic N) is 4. The van der Waals surface area contributed by atoms with Crippen LogP contribution in [0.15, 0.2) is 243 Å². The molecule has 1 aliphatic rings. The second-order valence-corrected chi connectivity index (χ2v) is 19.5. The van der Waals surface area contributed by atoms with Gasteiger partial charge in [-0.1, -0.05) is 140 Å². The van der Waals surface area contributed by atoms with Gasteiger partial charge in [-0.15, -0.1) is 11.3 Å². The predicted molar refractivity (Wildman–Crippen MR) is 303 cm³/mol. The molecule has 0 fully saturated rings. The lowest BCUT2D eigenvalue weighted by Crippen LogP contribution is -2.20. The van der Waals surface area contributed by atoms with Crippen molar-refractivity contribution in [3.05, 3.63) is 252 Å². The van der Waals surface area contributed by atoms with Gasteiger partial charge in [0.25, 0.3) is 0 Å². The smallest absolute Gasteiger partial charge is 0.0719 e. The standard InChI is InChI=1S/C66H46N4S/c1-5-19-47(20-6-1)67(53-37-41-63-60(44-53)57-38-39-58-56-29-14-16-31-64(56)71-66(58)65(57)70(63)50-25-11-4-12-26-50)51-34-32-45(33-35-51)46-18-17-27-52(42-46)68(48-21-7-2-8-22-48)54-36-40-62-59(43-54)55-28-13-15-30-61(55)69(62)49-23-9-3-10-24-49/h1-13,15,17-44H,14,16H2. The predicted octanol–water partition coefficient (Wildman–Crippen LogP) is 17.1. The molecule has 0 saturated heterocycles. The maximum absolute atomic E-state index is 2.48. The normalized spacial score (nSPS) is 12.3. The topological polar surface area (TPSA) is 16.3 Å². The van der Waals surface area contributed by atoms with Gasteiger partial charge in [0.1, 0.15) is 0 Å². The van der Waals surface area contributed by atoms with Crippen molar-refractivity contribution in [3.63, 3.8) is 0 Å². The zero-order valence-corrected chi connectivity index (χ0v) is 39.7. The lowest BCUT2D eigenvalue weighted by molar-refractivity contribution is 1.13. The molecule has 0 N–H and O–H groups in total. The Morgan fingerprint density at radius 3 is 1.51 bits per heavy atom. The van der Waals surface area contributed by atoms with Crippen molar-refractivity contribution < 1.29 is 0 Å². The van der Waals surface area contributed by atoms with Crippen LogP contribution in [-0.4, -0.2) is 9.13 Å². The number of rotatable bonds is 9. The van der Waals surface area contributed by atoms with E-state index in [1.807, 2.05) is 11.3 Å². The molecule has 0 spiro atoms. The van der Waals surface area contributed by atoms with E-state index in [1.54, 1.807) is 0 Å². The summed E-state index contributed by atoms with van der Waals surface area (Å²) in [5.74, 6) is 0. The first-order valence-electron chi connectivity index (χ1n) is 24.5. The summed E-state index contributed by atoms with van der Waals surface area (Å²) >= 11 is 1.94. The first-order chi connectivity index (χ1) is 35.2. The quantitative estimate of drug-likeness (QED) is 0.143. The average molecular weight is 927 g/mol. The molecule has 3 aromatic heterocycles. The van der Waals surface area contributed by atoms with E-state index in [0.717, 1.165) is 63.8 Å². The van der Waals surface area contributed by atoms with Crippen molar-refractivity contribution in [3.8, 4) is 22.5 Å². The van der Waals surface area contributed by atoms with Gasteiger partial charge in [-0.2, -0.15) is 0 Å². The van der Waals surface area contributed by atoms with Crippen molar-refractivity contribution in [1.82, 2.24) is 9.13 Å². The van der Waals surface area contributed by atoms with Crippen molar-refractivity contribution in [2.45, 2.75) is 12.8 Å². The Labute approximate surface area is 415 Å². The van der Waals surface area contributed by atoms with Gasteiger partial charge in [0.15, 0.2) is 0 Å². The molecule has 14 rings (SSSR count). The molecular formula is C66H46N4S. The van der Waals surface area contributed by atoms with Crippen LogP contribution in [0.3, 0.4) is 0 Å². The van der Waals surface area contributed by atoms with Crippen molar-refractivity contribution in [2.24, 2.45) is 0 Å². The lowest BCUT2D eigenvalue weighted by Gasteiger charge is -2.27. The van der Waals surface area contributed by atoms with Crippen LogP contribution in [0, 0.1) is 0 Å². The zero-order valence-electron chi connectivity index (χ0n) is 38.9. The molecule has 0 unspecified atom stereocenters. The Hall–Kier alpha value is -8.90. The van der Waals surface area contributed by atoms with Gasteiger partial charge in [0.2, 0.25) is 0 Å². The highest BCUT2D eigenvalue weighted by atomic mass is 32.1. The number of hydrogen-bond acceptors (Lipinski definition) is 3. The van der Waals surface area contributed by atoms with E-state index in [9.17, 15) is 0 Å². The summed E-state index contributed by atoms with van der Waals surface area (Å²) < 4.78 is 7.60. The number of anilines is 6. The Morgan fingerprint density at radius 1 is 0.324 bits per heavy atom. The van der Waals surface area contributed by atoms with E-state index in [1.165, 1.54) is 69.1 Å². The van der Waals surface area contributed by atoms with Crippen LogP contribution in [0.1, 0.15) is 12.8 Å². The molecule has 5 heteroatoms. The van der Waals surface area contributed by atoms with Crippen LogP contribution in [-0.2, 0) is 0 Å². The lowest BCUT2D eigenvalue weighted by atomic mass is 10.0. The molecule has 0 atom stereocenters. The Bertz CT molecular complexity index is 4270. The number of fused-ring (bicyclic) bond motifs is 10. The van der Waals surface area contributed by atoms with E-state index in [2.05, 4.69) is 274 Å². The van der Waals surface area contributed by atoms with Crippen molar-refractivity contribution >= 4 is 111 Å². The van der Waals surface area contributed by atoms with E-state index >= 15 is 0 Å². The first-order valence-corrected chi connectivity index (χ1v) is 25.3. The second-order valence-electron chi connectivity index (χ2n) is 18.4. The van der Waals surface area contributed by atoms with E-state index in [0.29, 0.717) is 0 Å². The van der Waals surface area contributed by atoms with Gasteiger partial charge in [-0.05, 0) is 144 Å². The number of benzene rings is 10. The molecule has 10 aromatic carbocycles. The van der Waals surface area contributed by atoms with Gasteiger partial charge in [-0.25, -0.2) is 0 Å². The molecule has 0 bridgehead atoms. The summed E-state index contributed by atoms with van der Waals surface area (Å²) in [6.45, 7) is 0. The molecule has 0 amide bonds. The van der Waals surface area contributed by atoms with Crippen molar-refractivity contribution in [1.29, 1.82) is 0 Å². The molecular weight excluding hydrogens is 881 g/mol. The third-order valence-corrected chi connectivity index (χ3v) is 15.5. The highest BCUT2D eigenvalue weighted by Crippen LogP contribution is 2.44. The second kappa shape index (κ2) is 17.0. The number of hydrogen-bond donors (Lipinski definition) is 0. The number of aromatic nitrogens is 2. The summed E-state index contributed by atoms with van der Waals surface area (Å²) in [6, 6.07) is 88.4. The van der Waals surface area contributed by atoms with Gasteiger partial charge in [-0.3, -0.25) is 0 Å². The van der Waals surface area contributed by atoms with Gasteiger partial charge in [0.05, 0.1) is 26.8 Å². The third kappa shape index (κ3) is 6.88. The van der Waals surface area contributed by atoms with Crippen LogP contribution in [0.25, 0.3) is 88.4 Å². The van der Waals surface area contributed by atoms with E-state index in [-0.39, 0.29) is 0 Å². The van der Waals surface area contributed by atoms with Crippen LogP contribution in [0.5, 0.6) is 0 Å². The highest BCUT2D eigenvalue weighted by Gasteiger charge is 2.22. The minimum atomic E-state index is 1.09. The molecule has 0 radical (unpaired) electrons. The largest absolute Gasteiger partial charge is 0.310 e. The summed E-state index contributed by atoms with van der Waals surface area (Å²) in [6.07, 6.45) is 7.05. The van der Waals surface area contributed by atoms with Crippen LogP contribution in [0.2, 0.25) is 0 Å². The van der Waals surface area contributed by atoms with Crippen molar-refractivity contribution in [2.75, 3.05) is 9.80 Å². The maximum Gasteiger partial charge on any atom is 0.0719 e.